The first kappa shape index (κ1) is 15.0. The van der Waals surface area contributed by atoms with Crippen LogP contribution in [0.15, 0.2) is 34.8 Å². The number of rotatable bonds is 5. The molecule has 1 nitrogen and oxygen atoms in total. The van der Waals surface area contributed by atoms with Gasteiger partial charge in [0.05, 0.1) is 0 Å². The summed E-state index contributed by atoms with van der Waals surface area (Å²) >= 11 is 11.1. The molecule has 0 saturated carbocycles. The minimum absolute atomic E-state index is 0.338. The summed E-state index contributed by atoms with van der Waals surface area (Å²) in [7, 11) is 0. The van der Waals surface area contributed by atoms with Crippen molar-refractivity contribution in [2.24, 2.45) is 0 Å². The molecule has 0 aliphatic carbocycles. The van der Waals surface area contributed by atoms with Crippen molar-refractivity contribution in [2.75, 3.05) is 0 Å². The van der Waals surface area contributed by atoms with E-state index in [9.17, 15) is 0 Å². The maximum Gasteiger partial charge on any atom is 0.107 e. The van der Waals surface area contributed by atoms with E-state index in [4.69, 9.17) is 11.6 Å². The SMILES string of the molecule is CCc1ccc(C(C)NCc2cc(Br)c(Cl)s2)cc1. The van der Waals surface area contributed by atoms with Gasteiger partial charge in [0.1, 0.15) is 4.34 Å². The summed E-state index contributed by atoms with van der Waals surface area (Å²) in [4.78, 5) is 1.24. The van der Waals surface area contributed by atoms with Gasteiger partial charge in [-0.1, -0.05) is 42.8 Å². The van der Waals surface area contributed by atoms with Gasteiger partial charge in [-0.2, -0.15) is 0 Å². The molecule has 4 heteroatoms. The smallest absolute Gasteiger partial charge is 0.107 e. The lowest BCUT2D eigenvalue weighted by molar-refractivity contribution is 0.578. The Kier molecular flexibility index (Phi) is 5.46. The van der Waals surface area contributed by atoms with Crippen LogP contribution in [0.25, 0.3) is 0 Å². The highest BCUT2D eigenvalue weighted by atomic mass is 79.9. The van der Waals surface area contributed by atoms with E-state index in [-0.39, 0.29) is 0 Å². The first-order valence-corrected chi connectivity index (χ1v) is 8.34. The second kappa shape index (κ2) is 6.89. The minimum atomic E-state index is 0.338. The van der Waals surface area contributed by atoms with Crippen LogP contribution in [-0.2, 0) is 13.0 Å². The van der Waals surface area contributed by atoms with Gasteiger partial charge < -0.3 is 5.32 Å². The van der Waals surface area contributed by atoms with Gasteiger partial charge >= 0.3 is 0 Å². The molecule has 1 unspecified atom stereocenters. The van der Waals surface area contributed by atoms with Crippen LogP contribution in [-0.4, -0.2) is 0 Å². The quantitative estimate of drug-likeness (QED) is 0.736. The molecule has 1 atom stereocenters. The molecule has 0 radical (unpaired) electrons. The van der Waals surface area contributed by atoms with Crippen LogP contribution >= 0.6 is 38.9 Å². The highest BCUT2D eigenvalue weighted by Gasteiger charge is 2.08. The number of hydrogen-bond donors (Lipinski definition) is 1. The Labute approximate surface area is 132 Å². The third kappa shape index (κ3) is 4.06. The number of benzene rings is 1. The predicted molar refractivity (Wildman–Crippen MR) is 88.1 cm³/mol. The molecule has 1 N–H and O–H groups in total. The molecular formula is C15H17BrClNS. The van der Waals surface area contributed by atoms with Crippen molar-refractivity contribution in [1.29, 1.82) is 0 Å². The molecule has 0 aliphatic rings. The van der Waals surface area contributed by atoms with Gasteiger partial charge in [-0.3, -0.25) is 0 Å². The highest BCUT2D eigenvalue weighted by molar-refractivity contribution is 9.10. The van der Waals surface area contributed by atoms with Crippen LogP contribution in [0.4, 0.5) is 0 Å². The predicted octanol–water partition coefficient (Wildman–Crippen LogP) is 5.58. The van der Waals surface area contributed by atoms with Gasteiger partial charge in [-0.05, 0) is 46.5 Å². The first-order valence-electron chi connectivity index (χ1n) is 6.36. The lowest BCUT2D eigenvalue weighted by Gasteiger charge is -2.14. The van der Waals surface area contributed by atoms with Crippen molar-refractivity contribution >= 4 is 38.9 Å². The molecule has 0 saturated heterocycles. The number of aryl methyl sites for hydroxylation is 1. The Hall–Kier alpha value is -0.350. The van der Waals surface area contributed by atoms with E-state index >= 15 is 0 Å². The molecule has 0 amide bonds. The number of hydrogen-bond acceptors (Lipinski definition) is 2. The Bertz CT molecular complexity index is 516. The molecule has 1 heterocycles. The molecule has 102 valence electrons. The monoisotopic (exact) mass is 357 g/mol. The average molecular weight is 359 g/mol. The molecule has 0 aliphatic heterocycles. The van der Waals surface area contributed by atoms with Gasteiger partial charge in [0, 0.05) is 21.9 Å². The maximum absolute atomic E-state index is 6.04. The van der Waals surface area contributed by atoms with Crippen molar-refractivity contribution < 1.29 is 0 Å². The Morgan fingerprint density at radius 3 is 2.53 bits per heavy atom. The molecular weight excluding hydrogens is 342 g/mol. The van der Waals surface area contributed by atoms with Crippen molar-refractivity contribution in [3.05, 3.63) is 55.1 Å². The summed E-state index contributed by atoms with van der Waals surface area (Å²) in [5.41, 5.74) is 2.70. The summed E-state index contributed by atoms with van der Waals surface area (Å²) in [6.07, 6.45) is 1.09. The fraction of sp³-hybridized carbons (Fsp3) is 0.333. The molecule has 1 aromatic heterocycles. The topological polar surface area (TPSA) is 12.0 Å². The Morgan fingerprint density at radius 2 is 2.00 bits per heavy atom. The standard InChI is InChI=1S/C15H17BrClNS/c1-3-11-4-6-12(7-5-11)10(2)18-9-13-8-14(16)15(17)19-13/h4-8,10,18H,3,9H2,1-2H3. The van der Waals surface area contributed by atoms with Crippen molar-refractivity contribution in [1.82, 2.24) is 5.32 Å². The van der Waals surface area contributed by atoms with E-state index in [0.717, 1.165) is 21.8 Å². The highest BCUT2D eigenvalue weighted by Crippen LogP contribution is 2.32. The first-order chi connectivity index (χ1) is 9.10. The number of thiophene rings is 1. The van der Waals surface area contributed by atoms with E-state index in [1.54, 1.807) is 11.3 Å². The van der Waals surface area contributed by atoms with Crippen LogP contribution in [0.3, 0.4) is 0 Å². The van der Waals surface area contributed by atoms with Gasteiger partial charge in [0.2, 0.25) is 0 Å². The van der Waals surface area contributed by atoms with Crippen LogP contribution in [0.1, 0.15) is 35.9 Å². The van der Waals surface area contributed by atoms with Gasteiger partial charge in [-0.15, -0.1) is 11.3 Å². The van der Waals surface area contributed by atoms with Crippen LogP contribution in [0.5, 0.6) is 0 Å². The fourth-order valence-corrected chi connectivity index (χ4v) is 3.63. The lowest BCUT2D eigenvalue weighted by atomic mass is 10.1. The molecule has 2 aromatic rings. The molecule has 2 rings (SSSR count). The molecule has 0 fully saturated rings. The second-order valence-corrected chi connectivity index (χ2v) is 7.13. The third-order valence-corrected chi connectivity index (χ3v) is 5.64. The summed E-state index contributed by atoms with van der Waals surface area (Å²) < 4.78 is 1.80. The van der Waals surface area contributed by atoms with E-state index in [1.165, 1.54) is 16.0 Å². The third-order valence-electron chi connectivity index (χ3n) is 3.17. The van der Waals surface area contributed by atoms with E-state index in [1.807, 2.05) is 0 Å². The van der Waals surface area contributed by atoms with Crippen molar-refractivity contribution in [3.63, 3.8) is 0 Å². The zero-order valence-electron chi connectivity index (χ0n) is 11.0. The Balaban J connectivity index is 1.94. The maximum atomic E-state index is 6.04. The molecule has 1 aromatic carbocycles. The van der Waals surface area contributed by atoms with Crippen LogP contribution < -0.4 is 5.32 Å². The summed E-state index contributed by atoms with van der Waals surface area (Å²) in [5, 5.41) is 3.52. The zero-order chi connectivity index (χ0) is 13.8. The van der Waals surface area contributed by atoms with Gasteiger partial charge in [0.25, 0.3) is 0 Å². The second-order valence-electron chi connectivity index (χ2n) is 4.53. The van der Waals surface area contributed by atoms with Gasteiger partial charge in [-0.25, -0.2) is 0 Å². The summed E-state index contributed by atoms with van der Waals surface area (Å²) in [6, 6.07) is 11.2. The van der Waals surface area contributed by atoms with Gasteiger partial charge in [0.15, 0.2) is 0 Å². The average Bonchev–Trinajstić information content (AvgIpc) is 2.75. The fourth-order valence-electron chi connectivity index (χ4n) is 1.89. The van der Waals surface area contributed by atoms with Crippen molar-refractivity contribution in [2.45, 2.75) is 32.9 Å². The molecule has 0 spiro atoms. The number of halogens is 2. The summed E-state index contributed by atoms with van der Waals surface area (Å²) in [6.45, 7) is 5.20. The van der Waals surface area contributed by atoms with Crippen LogP contribution in [0, 0.1) is 0 Å². The van der Waals surface area contributed by atoms with E-state index < -0.39 is 0 Å². The van der Waals surface area contributed by atoms with E-state index in [2.05, 4.69) is 65.4 Å². The number of nitrogens with one attached hydrogen (secondary N) is 1. The summed E-state index contributed by atoms with van der Waals surface area (Å²) in [5.74, 6) is 0. The van der Waals surface area contributed by atoms with Crippen LogP contribution in [0.2, 0.25) is 4.34 Å². The molecule has 19 heavy (non-hydrogen) atoms. The van der Waals surface area contributed by atoms with Crippen molar-refractivity contribution in [3.8, 4) is 0 Å². The Morgan fingerprint density at radius 1 is 1.32 bits per heavy atom. The largest absolute Gasteiger partial charge is 0.305 e. The normalized spacial score (nSPS) is 12.6. The zero-order valence-corrected chi connectivity index (χ0v) is 14.2. The lowest BCUT2D eigenvalue weighted by Crippen LogP contribution is -2.17. The molecule has 0 bridgehead atoms. The minimum Gasteiger partial charge on any atom is -0.305 e. The van der Waals surface area contributed by atoms with E-state index in [0.29, 0.717) is 6.04 Å².